The van der Waals surface area contributed by atoms with E-state index < -0.39 is 23.4 Å². The summed E-state index contributed by atoms with van der Waals surface area (Å²) in [6.45, 7) is 5.67. The van der Waals surface area contributed by atoms with E-state index in [2.05, 4.69) is 15.3 Å². The number of ether oxygens (including phenoxy) is 1. The zero-order valence-electron chi connectivity index (χ0n) is 18.9. The van der Waals surface area contributed by atoms with Gasteiger partial charge in [0.2, 0.25) is 0 Å². The van der Waals surface area contributed by atoms with E-state index in [9.17, 15) is 23.1 Å². The molecular formula is C23H26F3N5O3. The summed E-state index contributed by atoms with van der Waals surface area (Å²) < 4.78 is 46.3. The number of pyridine rings is 2. The number of aliphatic hydroxyl groups is 1. The molecule has 3 aromatic heterocycles. The zero-order valence-corrected chi connectivity index (χ0v) is 18.9. The third-order valence-electron chi connectivity index (χ3n) is 5.49. The highest BCUT2D eigenvalue weighted by Crippen LogP contribution is 2.30. The molecule has 3 aromatic rings. The summed E-state index contributed by atoms with van der Waals surface area (Å²) in [5, 5.41) is 12.7. The number of morpholine rings is 1. The number of alkyl halides is 3. The second-order valence-corrected chi connectivity index (χ2v) is 8.84. The fourth-order valence-corrected chi connectivity index (χ4v) is 3.70. The number of hydrogen-bond acceptors (Lipinski definition) is 6. The summed E-state index contributed by atoms with van der Waals surface area (Å²) in [7, 11) is 0. The molecular weight excluding hydrogens is 451 g/mol. The van der Waals surface area contributed by atoms with Crippen molar-refractivity contribution in [2.24, 2.45) is 0 Å². The van der Waals surface area contributed by atoms with Gasteiger partial charge in [-0.3, -0.25) is 4.79 Å². The van der Waals surface area contributed by atoms with E-state index in [1.165, 1.54) is 6.07 Å². The summed E-state index contributed by atoms with van der Waals surface area (Å²) in [5.74, 6) is -0.748. The van der Waals surface area contributed by atoms with Crippen molar-refractivity contribution >= 4 is 22.9 Å². The quantitative estimate of drug-likeness (QED) is 0.564. The lowest BCUT2D eigenvalue weighted by Gasteiger charge is -2.30. The summed E-state index contributed by atoms with van der Waals surface area (Å²) in [4.78, 5) is 23.0. The Hall–Kier alpha value is -3.18. The van der Waals surface area contributed by atoms with Crippen molar-refractivity contribution in [1.29, 1.82) is 0 Å². The van der Waals surface area contributed by atoms with E-state index in [0.717, 1.165) is 17.8 Å². The first-order valence-corrected chi connectivity index (χ1v) is 10.9. The van der Waals surface area contributed by atoms with Crippen LogP contribution in [0.4, 0.5) is 24.5 Å². The molecule has 0 radical (unpaired) electrons. The van der Waals surface area contributed by atoms with Gasteiger partial charge in [-0.2, -0.15) is 13.2 Å². The molecule has 2 N–H and O–H groups in total. The maximum atomic E-state index is 13.0. The van der Waals surface area contributed by atoms with Crippen LogP contribution in [0.2, 0.25) is 0 Å². The first-order chi connectivity index (χ1) is 16.0. The Morgan fingerprint density at radius 2 is 1.91 bits per heavy atom. The smallest absolute Gasteiger partial charge is 0.390 e. The van der Waals surface area contributed by atoms with E-state index in [-0.39, 0.29) is 5.69 Å². The van der Waals surface area contributed by atoms with Crippen LogP contribution in [-0.4, -0.2) is 57.3 Å². The van der Waals surface area contributed by atoms with Crippen LogP contribution in [0, 0.1) is 0 Å². The van der Waals surface area contributed by atoms with Gasteiger partial charge in [-0.25, -0.2) is 9.97 Å². The lowest BCUT2D eigenvalue weighted by Crippen LogP contribution is -2.37. The van der Waals surface area contributed by atoms with Gasteiger partial charge in [0, 0.05) is 31.5 Å². The molecule has 1 fully saturated rings. The first kappa shape index (κ1) is 24.0. The third kappa shape index (κ3) is 5.65. The van der Waals surface area contributed by atoms with Gasteiger partial charge in [-0.15, -0.1) is 0 Å². The monoisotopic (exact) mass is 477 g/mol. The molecule has 182 valence electrons. The molecule has 1 saturated heterocycles. The highest BCUT2D eigenvalue weighted by atomic mass is 19.4. The maximum absolute atomic E-state index is 13.0. The Bertz CT molecular complexity index is 1180. The van der Waals surface area contributed by atoms with Crippen molar-refractivity contribution in [3.63, 3.8) is 0 Å². The van der Waals surface area contributed by atoms with Crippen LogP contribution in [-0.2, 0) is 17.3 Å². The van der Waals surface area contributed by atoms with Crippen LogP contribution in [0.15, 0.2) is 36.7 Å². The molecule has 8 nitrogen and oxygen atoms in total. The molecule has 11 heteroatoms. The van der Waals surface area contributed by atoms with Gasteiger partial charge in [0.1, 0.15) is 17.0 Å². The van der Waals surface area contributed by atoms with Crippen molar-refractivity contribution in [3.8, 4) is 0 Å². The molecule has 1 amide bonds. The van der Waals surface area contributed by atoms with Crippen LogP contribution < -0.4 is 10.2 Å². The molecule has 0 aliphatic carbocycles. The van der Waals surface area contributed by atoms with Crippen molar-refractivity contribution in [2.75, 3.05) is 36.5 Å². The lowest BCUT2D eigenvalue weighted by atomic mass is 10.0. The van der Waals surface area contributed by atoms with Crippen LogP contribution >= 0.6 is 0 Å². The summed E-state index contributed by atoms with van der Waals surface area (Å²) in [6, 6.07) is 5.04. The highest BCUT2D eigenvalue weighted by Gasteiger charge is 2.33. The minimum absolute atomic E-state index is 0.334. The van der Waals surface area contributed by atoms with E-state index in [1.807, 2.05) is 17.2 Å². The Morgan fingerprint density at radius 1 is 1.18 bits per heavy atom. The topological polar surface area (TPSA) is 92.0 Å². The summed E-state index contributed by atoms with van der Waals surface area (Å²) in [6.07, 6.45) is -0.0645. The number of nitrogens with zero attached hydrogens (tertiary/aromatic N) is 4. The molecule has 0 aromatic carbocycles. The van der Waals surface area contributed by atoms with Gasteiger partial charge in [0.05, 0.1) is 35.9 Å². The Balaban J connectivity index is 1.67. The van der Waals surface area contributed by atoms with Gasteiger partial charge in [-0.05, 0) is 38.8 Å². The minimum Gasteiger partial charge on any atom is -0.390 e. The number of fused-ring (bicyclic) bond motifs is 1. The molecule has 0 atom stereocenters. The molecule has 34 heavy (non-hydrogen) atoms. The summed E-state index contributed by atoms with van der Waals surface area (Å²) >= 11 is 0. The van der Waals surface area contributed by atoms with E-state index in [0.29, 0.717) is 56.2 Å². The molecule has 4 rings (SSSR count). The lowest BCUT2D eigenvalue weighted by molar-refractivity contribution is -0.141. The molecule has 1 aliphatic rings. The van der Waals surface area contributed by atoms with Crippen molar-refractivity contribution in [2.45, 2.75) is 38.5 Å². The summed E-state index contributed by atoms with van der Waals surface area (Å²) in [5.41, 5.74) is 0.252. The van der Waals surface area contributed by atoms with Gasteiger partial charge in [-0.1, -0.05) is 6.07 Å². The van der Waals surface area contributed by atoms with E-state index >= 15 is 0 Å². The number of rotatable bonds is 6. The van der Waals surface area contributed by atoms with E-state index in [1.54, 1.807) is 24.4 Å². The number of aromatic nitrogens is 3. The fraction of sp³-hybridized carbons (Fsp3) is 0.435. The van der Waals surface area contributed by atoms with Gasteiger partial charge < -0.3 is 24.5 Å². The third-order valence-corrected chi connectivity index (χ3v) is 5.49. The number of nitrogens with one attached hydrogen (secondary N) is 1. The average Bonchev–Trinajstić information content (AvgIpc) is 3.19. The Labute approximate surface area is 194 Å². The van der Waals surface area contributed by atoms with Crippen LogP contribution in [0.1, 0.15) is 42.1 Å². The molecule has 1 aliphatic heterocycles. The average molecular weight is 477 g/mol. The fourth-order valence-electron chi connectivity index (χ4n) is 3.70. The van der Waals surface area contributed by atoms with E-state index in [4.69, 9.17) is 4.74 Å². The number of hydrogen-bond donors (Lipinski definition) is 2. The number of imidazole rings is 1. The van der Waals surface area contributed by atoms with Gasteiger partial charge >= 0.3 is 6.18 Å². The Morgan fingerprint density at radius 3 is 2.59 bits per heavy atom. The van der Waals surface area contributed by atoms with Gasteiger partial charge in [0.15, 0.2) is 0 Å². The normalized spacial score (nSPS) is 15.1. The van der Waals surface area contributed by atoms with Crippen molar-refractivity contribution < 1.29 is 27.8 Å². The predicted octanol–water partition coefficient (Wildman–Crippen LogP) is 3.54. The SMILES string of the molecule is CC(C)(O)CCc1cn2cc(NC(=O)c3cccc(C(F)(F)F)n3)c(N3CCOCC3)cc2n1. The standard InChI is InChI=1S/C23H26F3N5O3/c1-22(2,33)7-6-15-13-31-14-17(18(12-20(31)27-15)30-8-10-34-11-9-30)29-21(32)16-4-3-5-19(28-16)23(24,25)26/h3-5,12-14,33H,6-11H2,1-2H3,(H,29,32). The second-order valence-electron chi connectivity index (χ2n) is 8.84. The maximum Gasteiger partial charge on any atom is 0.433 e. The molecule has 0 spiro atoms. The zero-order chi connectivity index (χ0) is 24.5. The number of carbonyl (C=O) groups excluding carboxylic acids is 1. The van der Waals surface area contributed by atoms with Crippen LogP contribution in [0.3, 0.4) is 0 Å². The molecule has 0 unspecified atom stereocenters. The minimum atomic E-state index is -4.65. The van der Waals surface area contributed by atoms with Crippen molar-refractivity contribution in [1.82, 2.24) is 14.4 Å². The number of amides is 1. The van der Waals surface area contributed by atoms with Crippen molar-refractivity contribution in [3.05, 3.63) is 53.7 Å². The molecule has 4 heterocycles. The second kappa shape index (κ2) is 9.22. The number of halogens is 3. The number of carbonyl (C=O) groups is 1. The molecule has 0 bridgehead atoms. The van der Waals surface area contributed by atoms with Crippen LogP contribution in [0.25, 0.3) is 5.65 Å². The first-order valence-electron chi connectivity index (χ1n) is 10.9. The Kier molecular flexibility index (Phi) is 6.50. The largest absolute Gasteiger partial charge is 0.433 e. The van der Waals surface area contributed by atoms with Crippen LogP contribution in [0.5, 0.6) is 0 Å². The number of anilines is 2. The molecule has 0 saturated carbocycles. The van der Waals surface area contributed by atoms with Gasteiger partial charge in [0.25, 0.3) is 5.91 Å². The highest BCUT2D eigenvalue weighted by molar-refractivity contribution is 6.04. The number of aryl methyl sites for hydroxylation is 1. The predicted molar refractivity (Wildman–Crippen MR) is 120 cm³/mol.